The van der Waals surface area contributed by atoms with Crippen molar-refractivity contribution in [3.63, 3.8) is 0 Å². The monoisotopic (exact) mass is 277 g/mol. The maximum Gasteiger partial charge on any atom is 0.123 e. The highest BCUT2D eigenvalue weighted by Crippen LogP contribution is 2.26. The van der Waals surface area contributed by atoms with Crippen LogP contribution in [-0.2, 0) is 0 Å². The zero-order valence-electron chi connectivity index (χ0n) is 12.7. The standard InChI is InChI=1S/C17H27NO2/c1-3-12-18-16-10-5-6-11-17(16)20-15-9-7-8-14(13-15)19-4-2/h7-9,13,16-18H,3-6,10-12H2,1-2H3. The highest BCUT2D eigenvalue weighted by molar-refractivity contribution is 5.33. The summed E-state index contributed by atoms with van der Waals surface area (Å²) < 4.78 is 11.7. The Kier molecular flexibility index (Phi) is 6.19. The van der Waals surface area contributed by atoms with E-state index < -0.39 is 0 Å². The van der Waals surface area contributed by atoms with E-state index in [2.05, 4.69) is 12.2 Å². The summed E-state index contributed by atoms with van der Waals surface area (Å²) in [6.45, 7) is 5.97. The lowest BCUT2D eigenvalue weighted by atomic mass is 9.92. The molecule has 1 aliphatic carbocycles. The van der Waals surface area contributed by atoms with Gasteiger partial charge < -0.3 is 14.8 Å². The number of benzene rings is 1. The fraction of sp³-hybridized carbons (Fsp3) is 0.647. The molecule has 112 valence electrons. The molecular weight excluding hydrogens is 250 g/mol. The minimum absolute atomic E-state index is 0.284. The summed E-state index contributed by atoms with van der Waals surface area (Å²) in [5.41, 5.74) is 0. The van der Waals surface area contributed by atoms with Crippen LogP contribution in [0, 0.1) is 0 Å². The molecule has 2 atom stereocenters. The van der Waals surface area contributed by atoms with E-state index in [4.69, 9.17) is 9.47 Å². The second kappa shape index (κ2) is 8.15. The molecule has 1 aromatic rings. The van der Waals surface area contributed by atoms with Crippen molar-refractivity contribution in [1.29, 1.82) is 0 Å². The third-order valence-corrected chi connectivity index (χ3v) is 3.76. The number of rotatable bonds is 7. The fourth-order valence-corrected chi connectivity index (χ4v) is 2.78. The minimum Gasteiger partial charge on any atom is -0.494 e. The molecule has 1 aliphatic rings. The van der Waals surface area contributed by atoms with Gasteiger partial charge in [0.25, 0.3) is 0 Å². The van der Waals surface area contributed by atoms with Crippen LogP contribution < -0.4 is 14.8 Å². The van der Waals surface area contributed by atoms with Crippen LogP contribution in [0.15, 0.2) is 24.3 Å². The van der Waals surface area contributed by atoms with Gasteiger partial charge in [-0.1, -0.05) is 19.4 Å². The minimum atomic E-state index is 0.284. The molecule has 0 aromatic heterocycles. The summed E-state index contributed by atoms with van der Waals surface area (Å²) in [5.74, 6) is 1.81. The lowest BCUT2D eigenvalue weighted by molar-refractivity contribution is 0.113. The van der Waals surface area contributed by atoms with Crippen LogP contribution in [0.5, 0.6) is 11.5 Å². The zero-order valence-corrected chi connectivity index (χ0v) is 12.7. The second-order valence-electron chi connectivity index (χ2n) is 5.41. The Morgan fingerprint density at radius 1 is 1.15 bits per heavy atom. The Bertz CT molecular complexity index is 394. The average molecular weight is 277 g/mol. The van der Waals surface area contributed by atoms with Gasteiger partial charge in [0.05, 0.1) is 6.61 Å². The van der Waals surface area contributed by atoms with Crippen molar-refractivity contribution in [2.45, 2.75) is 58.1 Å². The lowest BCUT2D eigenvalue weighted by Gasteiger charge is -2.32. The molecular formula is C17H27NO2. The van der Waals surface area contributed by atoms with E-state index in [9.17, 15) is 0 Å². The molecule has 1 aromatic carbocycles. The predicted octanol–water partition coefficient (Wildman–Crippen LogP) is 3.77. The Labute approximate surface area is 122 Å². The highest BCUT2D eigenvalue weighted by Gasteiger charge is 2.26. The van der Waals surface area contributed by atoms with E-state index in [1.54, 1.807) is 0 Å². The van der Waals surface area contributed by atoms with Crippen molar-refractivity contribution in [3.8, 4) is 11.5 Å². The van der Waals surface area contributed by atoms with Crippen molar-refractivity contribution >= 4 is 0 Å². The molecule has 0 bridgehead atoms. The SMILES string of the molecule is CCCNC1CCCCC1Oc1cccc(OCC)c1. The van der Waals surface area contributed by atoms with Crippen LogP contribution >= 0.6 is 0 Å². The molecule has 0 saturated heterocycles. The highest BCUT2D eigenvalue weighted by atomic mass is 16.5. The average Bonchev–Trinajstić information content (AvgIpc) is 2.47. The van der Waals surface area contributed by atoms with Crippen molar-refractivity contribution in [2.24, 2.45) is 0 Å². The lowest BCUT2D eigenvalue weighted by Crippen LogP contribution is -2.45. The molecule has 0 radical (unpaired) electrons. The van der Waals surface area contributed by atoms with Gasteiger partial charge in [0, 0.05) is 12.1 Å². The molecule has 0 aliphatic heterocycles. The molecule has 1 N–H and O–H groups in total. The summed E-state index contributed by atoms with van der Waals surface area (Å²) in [4.78, 5) is 0. The summed E-state index contributed by atoms with van der Waals surface area (Å²) in [5, 5.41) is 3.63. The van der Waals surface area contributed by atoms with E-state index in [0.29, 0.717) is 12.6 Å². The first-order valence-electron chi connectivity index (χ1n) is 7.96. The molecule has 0 spiro atoms. The van der Waals surface area contributed by atoms with Gasteiger partial charge in [-0.05, 0) is 51.3 Å². The number of nitrogens with one attached hydrogen (secondary N) is 1. The number of ether oxygens (including phenoxy) is 2. The Hall–Kier alpha value is -1.22. The van der Waals surface area contributed by atoms with Crippen LogP contribution in [0.4, 0.5) is 0 Å². The van der Waals surface area contributed by atoms with E-state index in [1.807, 2.05) is 31.2 Å². The Balaban J connectivity index is 1.96. The number of hydrogen-bond acceptors (Lipinski definition) is 3. The third-order valence-electron chi connectivity index (χ3n) is 3.76. The Morgan fingerprint density at radius 2 is 1.95 bits per heavy atom. The quantitative estimate of drug-likeness (QED) is 0.823. The normalized spacial score (nSPS) is 22.5. The van der Waals surface area contributed by atoms with Gasteiger partial charge in [-0.25, -0.2) is 0 Å². The molecule has 2 rings (SSSR count). The second-order valence-corrected chi connectivity index (χ2v) is 5.41. The maximum absolute atomic E-state index is 6.21. The maximum atomic E-state index is 6.21. The van der Waals surface area contributed by atoms with Gasteiger partial charge in [-0.15, -0.1) is 0 Å². The van der Waals surface area contributed by atoms with E-state index in [-0.39, 0.29) is 6.10 Å². The van der Waals surface area contributed by atoms with Gasteiger partial charge >= 0.3 is 0 Å². The summed E-state index contributed by atoms with van der Waals surface area (Å²) in [6, 6.07) is 8.48. The molecule has 3 nitrogen and oxygen atoms in total. The van der Waals surface area contributed by atoms with Crippen molar-refractivity contribution in [1.82, 2.24) is 5.32 Å². The number of hydrogen-bond donors (Lipinski definition) is 1. The van der Waals surface area contributed by atoms with Crippen LogP contribution in [0.3, 0.4) is 0 Å². The van der Waals surface area contributed by atoms with Crippen molar-refractivity contribution in [3.05, 3.63) is 24.3 Å². The Morgan fingerprint density at radius 3 is 2.75 bits per heavy atom. The first-order chi connectivity index (χ1) is 9.83. The van der Waals surface area contributed by atoms with Crippen LogP contribution in [0.25, 0.3) is 0 Å². The van der Waals surface area contributed by atoms with Crippen molar-refractivity contribution in [2.75, 3.05) is 13.2 Å². The van der Waals surface area contributed by atoms with E-state index >= 15 is 0 Å². The molecule has 3 heteroatoms. The largest absolute Gasteiger partial charge is 0.494 e. The predicted molar refractivity (Wildman–Crippen MR) is 82.6 cm³/mol. The molecule has 1 fully saturated rings. The van der Waals surface area contributed by atoms with Gasteiger partial charge in [-0.2, -0.15) is 0 Å². The van der Waals surface area contributed by atoms with Gasteiger partial charge in [0.2, 0.25) is 0 Å². The third kappa shape index (κ3) is 4.41. The topological polar surface area (TPSA) is 30.5 Å². The zero-order chi connectivity index (χ0) is 14.2. The van der Waals surface area contributed by atoms with Crippen LogP contribution in [0.1, 0.15) is 46.0 Å². The summed E-state index contributed by atoms with van der Waals surface area (Å²) in [6.07, 6.45) is 6.38. The molecule has 20 heavy (non-hydrogen) atoms. The molecule has 0 amide bonds. The van der Waals surface area contributed by atoms with E-state index in [0.717, 1.165) is 24.5 Å². The van der Waals surface area contributed by atoms with Gasteiger partial charge in [0.15, 0.2) is 0 Å². The molecule has 2 unspecified atom stereocenters. The van der Waals surface area contributed by atoms with Crippen LogP contribution in [0.2, 0.25) is 0 Å². The smallest absolute Gasteiger partial charge is 0.123 e. The summed E-state index contributed by atoms with van der Waals surface area (Å²) >= 11 is 0. The van der Waals surface area contributed by atoms with E-state index in [1.165, 1.54) is 25.7 Å². The fourth-order valence-electron chi connectivity index (χ4n) is 2.78. The molecule has 0 heterocycles. The van der Waals surface area contributed by atoms with Gasteiger partial charge in [-0.3, -0.25) is 0 Å². The summed E-state index contributed by atoms with van der Waals surface area (Å²) in [7, 11) is 0. The van der Waals surface area contributed by atoms with Crippen LogP contribution in [-0.4, -0.2) is 25.3 Å². The first kappa shape index (κ1) is 15.2. The van der Waals surface area contributed by atoms with Gasteiger partial charge in [0.1, 0.15) is 17.6 Å². The first-order valence-corrected chi connectivity index (χ1v) is 7.96. The van der Waals surface area contributed by atoms with Crippen molar-refractivity contribution < 1.29 is 9.47 Å². The molecule has 1 saturated carbocycles.